The normalized spacial score (nSPS) is 14.9. The fourth-order valence-electron chi connectivity index (χ4n) is 2.93. The van der Waals surface area contributed by atoms with Crippen LogP contribution in [0, 0.1) is 0 Å². The zero-order valence-corrected chi connectivity index (χ0v) is 13.8. The van der Waals surface area contributed by atoms with Gasteiger partial charge in [-0.2, -0.15) is 0 Å². The third-order valence-electron chi connectivity index (χ3n) is 3.90. The summed E-state index contributed by atoms with van der Waals surface area (Å²) in [7, 11) is 4.08. The second kappa shape index (κ2) is 6.41. The molecule has 0 aromatic heterocycles. The third-order valence-corrected chi connectivity index (χ3v) is 4.22. The zero-order chi connectivity index (χ0) is 15.5. The fraction of sp³-hybridized carbons (Fsp3) is 0.200. The molecular weight excluding hydrogens is 290 g/mol. The van der Waals surface area contributed by atoms with Crippen LogP contribution in [-0.2, 0) is 6.42 Å². The molecule has 0 saturated heterocycles. The van der Waals surface area contributed by atoms with E-state index >= 15 is 0 Å². The number of aryl methyl sites for hydroxylation is 1. The van der Waals surface area contributed by atoms with Crippen molar-refractivity contribution in [3.8, 4) is 0 Å². The second-order valence-electron chi connectivity index (χ2n) is 5.87. The highest BCUT2D eigenvalue weighted by Gasteiger charge is 2.20. The van der Waals surface area contributed by atoms with Gasteiger partial charge in [0.15, 0.2) is 0 Å². The summed E-state index contributed by atoms with van der Waals surface area (Å²) >= 11 is 6.44. The first-order valence-electron chi connectivity index (χ1n) is 7.57. The maximum absolute atomic E-state index is 6.44. The number of halogens is 1. The van der Waals surface area contributed by atoms with E-state index in [2.05, 4.69) is 53.6 Å². The summed E-state index contributed by atoms with van der Waals surface area (Å²) in [6, 6.07) is 16.8. The molecule has 1 aliphatic carbocycles. The molecule has 0 heterocycles. The number of hydrogen-bond acceptors (Lipinski definition) is 1. The highest BCUT2D eigenvalue weighted by molar-refractivity contribution is 6.33. The van der Waals surface area contributed by atoms with Crippen LogP contribution in [-0.4, -0.2) is 19.0 Å². The molecule has 1 nitrogen and oxygen atoms in total. The first kappa shape index (κ1) is 14.9. The Morgan fingerprint density at radius 1 is 0.955 bits per heavy atom. The fourth-order valence-corrected chi connectivity index (χ4v) is 3.22. The van der Waals surface area contributed by atoms with Crippen molar-refractivity contribution in [2.45, 2.75) is 12.8 Å². The molecule has 112 valence electrons. The van der Waals surface area contributed by atoms with Gasteiger partial charge in [0.25, 0.3) is 0 Å². The van der Waals surface area contributed by atoms with Gasteiger partial charge in [-0.25, -0.2) is 0 Å². The van der Waals surface area contributed by atoms with Gasteiger partial charge >= 0.3 is 0 Å². The molecule has 1 aliphatic rings. The van der Waals surface area contributed by atoms with Crippen LogP contribution in [0.25, 0.3) is 11.1 Å². The molecule has 0 spiro atoms. The van der Waals surface area contributed by atoms with Crippen molar-refractivity contribution in [2.24, 2.45) is 0 Å². The van der Waals surface area contributed by atoms with Crippen molar-refractivity contribution in [1.29, 1.82) is 0 Å². The molecule has 0 amide bonds. The van der Waals surface area contributed by atoms with E-state index in [0.29, 0.717) is 0 Å². The van der Waals surface area contributed by atoms with E-state index in [4.69, 9.17) is 11.6 Å². The summed E-state index contributed by atoms with van der Waals surface area (Å²) in [6.45, 7) is 0. The predicted octanol–water partition coefficient (Wildman–Crippen LogP) is 5.27. The van der Waals surface area contributed by atoms with E-state index in [1.165, 1.54) is 27.8 Å². The highest BCUT2D eigenvalue weighted by atomic mass is 35.5. The maximum atomic E-state index is 6.44. The van der Waals surface area contributed by atoms with Crippen LogP contribution in [0.5, 0.6) is 0 Å². The van der Waals surface area contributed by atoms with Crippen LogP contribution >= 0.6 is 11.6 Å². The largest absolute Gasteiger partial charge is 0.383 e. The number of hydrogen-bond donors (Lipinski definition) is 0. The highest BCUT2D eigenvalue weighted by Crippen LogP contribution is 2.41. The molecule has 0 bridgehead atoms. The van der Waals surface area contributed by atoms with Crippen LogP contribution in [0.3, 0.4) is 0 Å². The monoisotopic (exact) mass is 309 g/mol. The number of allylic oxidation sites excluding steroid dienone is 3. The number of benzene rings is 2. The topological polar surface area (TPSA) is 3.24 Å². The maximum Gasteiger partial charge on any atom is 0.0491 e. The van der Waals surface area contributed by atoms with Gasteiger partial charge in [0, 0.05) is 30.9 Å². The number of rotatable bonds is 4. The van der Waals surface area contributed by atoms with E-state index < -0.39 is 0 Å². The van der Waals surface area contributed by atoms with E-state index in [0.717, 1.165) is 17.9 Å². The quantitative estimate of drug-likeness (QED) is 0.743. The third kappa shape index (κ3) is 3.10. The Hall–Kier alpha value is -1.99. The lowest BCUT2D eigenvalue weighted by Gasteiger charge is -2.09. The number of nitrogens with zero attached hydrogens (tertiary/aromatic N) is 1. The van der Waals surface area contributed by atoms with Crippen LogP contribution in [0.15, 0.2) is 60.8 Å². The first-order chi connectivity index (χ1) is 10.6. The number of fused-ring (bicyclic) bond motifs is 1. The lowest BCUT2D eigenvalue weighted by molar-refractivity contribution is 0.566. The molecule has 3 rings (SSSR count). The average Bonchev–Trinajstić information content (AvgIpc) is 2.85. The Morgan fingerprint density at radius 3 is 2.45 bits per heavy atom. The molecule has 0 radical (unpaired) electrons. The summed E-state index contributed by atoms with van der Waals surface area (Å²) < 4.78 is 0. The SMILES string of the molecule is CN(C)/C=C1\C=C(CCc2ccccc2)c2cccc(Cl)c21. The van der Waals surface area contributed by atoms with Crippen molar-refractivity contribution in [2.75, 3.05) is 14.1 Å². The van der Waals surface area contributed by atoms with Gasteiger partial charge in [-0.3, -0.25) is 0 Å². The van der Waals surface area contributed by atoms with Gasteiger partial charge in [0.1, 0.15) is 0 Å². The molecule has 2 aromatic rings. The molecule has 2 aromatic carbocycles. The van der Waals surface area contributed by atoms with Gasteiger partial charge in [0.2, 0.25) is 0 Å². The van der Waals surface area contributed by atoms with Crippen LogP contribution in [0.1, 0.15) is 23.1 Å². The summed E-state index contributed by atoms with van der Waals surface area (Å²) in [4.78, 5) is 2.07. The predicted molar refractivity (Wildman–Crippen MR) is 95.9 cm³/mol. The molecule has 0 saturated carbocycles. The minimum absolute atomic E-state index is 0.830. The van der Waals surface area contributed by atoms with Crippen LogP contribution in [0.2, 0.25) is 5.02 Å². The summed E-state index contributed by atoms with van der Waals surface area (Å²) in [6.07, 6.45) is 6.50. The molecule has 0 N–H and O–H groups in total. The van der Waals surface area contributed by atoms with Crippen molar-refractivity contribution in [1.82, 2.24) is 4.90 Å². The Kier molecular flexibility index (Phi) is 4.35. The average molecular weight is 310 g/mol. The summed E-state index contributed by atoms with van der Waals surface area (Å²) in [5.74, 6) is 0. The molecule has 2 heteroatoms. The Balaban J connectivity index is 1.90. The van der Waals surface area contributed by atoms with Gasteiger partial charge in [0.05, 0.1) is 0 Å². The van der Waals surface area contributed by atoms with Crippen molar-refractivity contribution < 1.29 is 0 Å². The van der Waals surface area contributed by atoms with Crippen molar-refractivity contribution in [3.63, 3.8) is 0 Å². The van der Waals surface area contributed by atoms with Gasteiger partial charge in [-0.05, 0) is 47.3 Å². The smallest absolute Gasteiger partial charge is 0.0491 e. The molecule has 0 unspecified atom stereocenters. The molecule has 0 atom stereocenters. The Labute approximate surface area is 137 Å². The molecular formula is C20H20ClN. The van der Waals surface area contributed by atoms with Gasteiger partial charge in [-0.1, -0.05) is 54.1 Å². The van der Waals surface area contributed by atoms with Crippen molar-refractivity contribution >= 4 is 22.7 Å². The molecule has 0 aliphatic heterocycles. The van der Waals surface area contributed by atoms with Crippen LogP contribution < -0.4 is 0 Å². The minimum Gasteiger partial charge on any atom is -0.383 e. The van der Waals surface area contributed by atoms with E-state index in [9.17, 15) is 0 Å². The summed E-state index contributed by atoms with van der Waals surface area (Å²) in [5.41, 5.74) is 6.39. The molecule has 22 heavy (non-hydrogen) atoms. The molecule has 0 fully saturated rings. The van der Waals surface area contributed by atoms with Gasteiger partial charge < -0.3 is 4.90 Å². The van der Waals surface area contributed by atoms with Gasteiger partial charge in [-0.15, -0.1) is 0 Å². The first-order valence-corrected chi connectivity index (χ1v) is 7.95. The standard InChI is InChI=1S/C20H20ClN/c1-22(2)14-17-13-16(12-11-15-7-4-3-5-8-15)18-9-6-10-19(21)20(17)18/h3-10,13-14H,11-12H2,1-2H3/b17-14+. The lowest BCUT2D eigenvalue weighted by Crippen LogP contribution is -2.01. The lowest BCUT2D eigenvalue weighted by atomic mass is 9.99. The Morgan fingerprint density at radius 2 is 1.73 bits per heavy atom. The van der Waals surface area contributed by atoms with E-state index in [1.807, 2.05) is 26.2 Å². The van der Waals surface area contributed by atoms with Crippen molar-refractivity contribution in [3.05, 3.63) is 82.5 Å². The van der Waals surface area contributed by atoms with Crippen LogP contribution in [0.4, 0.5) is 0 Å². The second-order valence-corrected chi connectivity index (χ2v) is 6.27. The Bertz CT molecular complexity index is 727. The minimum atomic E-state index is 0.830. The van der Waals surface area contributed by atoms with E-state index in [-0.39, 0.29) is 0 Å². The zero-order valence-electron chi connectivity index (χ0n) is 13.0. The van der Waals surface area contributed by atoms with E-state index in [1.54, 1.807) is 0 Å². The summed E-state index contributed by atoms with van der Waals surface area (Å²) in [5, 5.41) is 0.830.